The molecule has 0 spiro atoms. The van der Waals surface area contributed by atoms with E-state index in [1.165, 1.54) is 4.68 Å². The summed E-state index contributed by atoms with van der Waals surface area (Å²) < 4.78 is 1.51. The number of carbonyl (C=O) groups is 2. The Bertz CT molecular complexity index is 530. The van der Waals surface area contributed by atoms with Crippen LogP contribution in [0, 0.1) is 5.41 Å². The molecular formula is C13H21N5O3. The first kappa shape index (κ1) is 15.4. The number of nitrogens with zero attached hydrogens (tertiary/aromatic N) is 4. The van der Waals surface area contributed by atoms with Gasteiger partial charge in [0.1, 0.15) is 0 Å². The zero-order chi connectivity index (χ0) is 15.5. The van der Waals surface area contributed by atoms with Crippen molar-refractivity contribution in [3.63, 3.8) is 0 Å². The summed E-state index contributed by atoms with van der Waals surface area (Å²) in [5.74, 6) is -1.09. The molecule has 1 amide bonds. The van der Waals surface area contributed by atoms with Crippen molar-refractivity contribution in [1.82, 2.24) is 19.9 Å². The van der Waals surface area contributed by atoms with Crippen LogP contribution in [0.2, 0.25) is 0 Å². The Labute approximate surface area is 122 Å². The highest BCUT2D eigenvalue weighted by atomic mass is 16.4. The van der Waals surface area contributed by atoms with Gasteiger partial charge in [-0.05, 0) is 12.8 Å². The van der Waals surface area contributed by atoms with Crippen LogP contribution in [0.1, 0.15) is 36.7 Å². The zero-order valence-corrected chi connectivity index (χ0v) is 12.2. The Hall–Kier alpha value is -1.96. The van der Waals surface area contributed by atoms with Crippen LogP contribution in [0.15, 0.2) is 6.20 Å². The van der Waals surface area contributed by atoms with Gasteiger partial charge in [0, 0.05) is 19.6 Å². The van der Waals surface area contributed by atoms with Crippen molar-refractivity contribution in [1.29, 1.82) is 0 Å². The van der Waals surface area contributed by atoms with Gasteiger partial charge in [-0.3, -0.25) is 14.3 Å². The van der Waals surface area contributed by atoms with Gasteiger partial charge >= 0.3 is 5.97 Å². The fraction of sp³-hybridized carbons (Fsp3) is 0.692. The van der Waals surface area contributed by atoms with Crippen LogP contribution in [0.25, 0.3) is 0 Å². The lowest BCUT2D eigenvalue weighted by molar-refractivity contribution is -0.148. The Morgan fingerprint density at radius 1 is 1.52 bits per heavy atom. The van der Waals surface area contributed by atoms with E-state index in [0.717, 1.165) is 6.42 Å². The maximum Gasteiger partial charge on any atom is 0.311 e. The summed E-state index contributed by atoms with van der Waals surface area (Å²) in [7, 11) is 0. The second-order valence-electron chi connectivity index (χ2n) is 5.47. The second-order valence-corrected chi connectivity index (χ2v) is 5.47. The number of hydrogen-bond acceptors (Lipinski definition) is 5. The highest BCUT2D eigenvalue weighted by Gasteiger charge is 2.45. The van der Waals surface area contributed by atoms with Gasteiger partial charge in [-0.2, -0.15) is 0 Å². The van der Waals surface area contributed by atoms with Crippen molar-refractivity contribution >= 4 is 11.9 Å². The molecule has 21 heavy (non-hydrogen) atoms. The number of likely N-dealkylation sites (tertiary alicyclic amines) is 1. The first-order valence-corrected chi connectivity index (χ1v) is 7.15. The van der Waals surface area contributed by atoms with Crippen molar-refractivity contribution < 1.29 is 14.7 Å². The SMILES string of the molecule is CCCC1(C(=O)O)CCN(C(=O)c2cn(CCN)nn2)C1. The lowest BCUT2D eigenvalue weighted by Gasteiger charge is -2.23. The summed E-state index contributed by atoms with van der Waals surface area (Å²) >= 11 is 0. The summed E-state index contributed by atoms with van der Waals surface area (Å²) in [4.78, 5) is 25.4. The number of rotatable bonds is 6. The van der Waals surface area contributed by atoms with Crippen LogP contribution in [0.5, 0.6) is 0 Å². The number of carbonyl (C=O) groups excluding carboxylic acids is 1. The highest BCUT2D eigenvalue weighted by molar-refractivity contribution is 5.93. The molecule has 1 aromatic rings. The third kappa shape index (κ3) is 3.05. The van der Waals surface area contributed by atoms with Crippen LogP contribution < -0.4 is 5.73 Å². The monoisotopic (exact) mass is 295 g/mol. The molecule has 116 valence electrons. The van der Waals surface area contributed by atoms with E-state index in [1.807, 2.05) is 6.92 Å². The van der Waals surface area contributed by atoms with Crippen molar-refractivity contribution in [3.8, 4) is 0 Å². The highest BCUT2D eigenvalue weighted by Crippen LogP contribution is 2.36. The fourth-order valence-corrected chi connectivity index (χ4v) is 2.81. The van der Waals surface area contributed by atoms with E-state index < -0.39 is 11.4 Å². The molecule has 8 heteroatoms. The Morgan fingerprint density at radius 3 is 2.90 bits per heavy atom. The van der Waals surface area contributed by atoms with Gasteiger partial charge in [-0.25, -0.2) is 0 Å². The quantitative estimate of drug-likeness (QED) is 0.760. The number of amides is 1. The number of nitrogens with two attached hydrogens (primary N) is 1. The van der Waals surface area contributed by atoms with Crippen molar-refractivity contribution in [3.05, 3.63) is 11.9 Å². The molecule has 1 fully saturated rings. The molecule has 0 saturated carbocycles. The molecule has 1 aliphatic heterocycles. The van der Waals surface area contributed by atoms with Gasteiger partial charge < -0.3 is 15.7 Å². The van der Waals surface area contributed by atoms with Crippen molar-refractivity contribution in [2.24, 2.45) is 11.1 Å². The molecule has 0 radical (unpaired) electrons. The molecule has 0 aliphatic carbocycles. The van der Waals surface area contributed by atoms with E-state index >= 15 is 0 Å². The lowest BCUT2D eigenvalue weighted by Crippen LogP contribution is -2.37. The number of aliphatic carboxylic acids is 1. The van der Waals surface area contributed by atoms with Crippen LogP contribution in [0.4, 0.5) is 0 Å². The molecular weight excluding hydrogens is 274 g/mol. The molecule has 2 heterocycles. The van der Waals surface area contributed by atoms with Crippen LogP contribution in [-0.2, 0) is 11.3 Å². The van der Waals surface area contributed by atoms with Crippen molar-refractivity contribution in [2.45, 2.75) is 32.7 Å². The third-order valence-electron chi connectivity index (χ3n) is 3.94. The van der Waals surface area contributed by atoms with Crippen LogP contribution in [-0.4, -0.2) is 56.5 Å². The summed E-state index contributed by atoms with van der Waals surface area (Å²) in [5, 5.41) is 17.1. The van der Waals surface area contributed by atoms with E-state index in [2.05, 4.69) is 10.3 Å². The minimum Gasteiger partial charge on any atom is -0.481 e. The zero-order valence-electron chi connectivity index (χ0n) is 12.2. The summed E-state index contributed by atoms with van der Waals surface area (Å²) in [6.07, 6.45) is 3.39. The Kier molecular flexibility index (Phi) is 4.56. The maximum absolute atomic E-state index is 12.4. The van der Waals surface area contributed by atoms with Crippen LogP contribution in [0.3, 0.4) is 0 Å². The normalized spacial score (nSPS) is 21.7. The van der Waals surface area contributed by atoms with E-state index in [9.17, 15) is 14.7 Å². The largest absolute Gasteiger partial charge is 0.481 e. The number of hydrogen-bond donors (Lipinski definition) is 2. The minimum atomic E-state index is -0.827. The van der Waals surface area contributed by atoms with E-state index in [4.69, 9.17) is 5.73 Å². The lowest BCUT2D eigenvalue weighted by atomic mass is 9.83. The number of aromatic nitrogens is 3. The second kappa shape index (κ2) is 6.21. The molecule has 1 aromatic heterocycles. The number of carboxylic acid groups (broad SMARTS) is 1. The molecule has 1 atom stereocenters. The standard InChI is InChI=1S/C13H21N5O3/c1-2-3-13(12(20)21)4-6-17(9-13)11(19)10-8-18(7-5-14)16-15-10/h8H,2-7,9,14H2,1H3,(H,20,21). The van der Waals surface area contributed by atoms with Gasteiger partial charge in [0.2, 0.25) is 0 Å². The van der Waals surface area contributed by atoms with Gasteiger partial charge in [0.15, 0.2) is 5.69 Å². The number of carboxylic acids is 1. The molecule has 0 aromatic carbocycles. The van der Waals surface area contributed by atoms with E-state index in [-0.39, 0.29) is 18.1 Å². The topological polar surface area (TPSA) is 114 Å². The van der Waals surface area contributed by atoms with Gasteiger partial charge in [-0.1, -0.05) is 18.6 Å². The fourth-order valence-electron chi connectivity index (χ4n) is 2.81. The van der Waals surface area contributed by atoms with Gasteiger partial charge in [-0.15, -0.1) is 5.10 Å². The predicted octanol–water partition coefficient (Wildman–Crippen LogP) is -0.0462. The Morgan fingerprint density at radius 2 is 2.29 bits per heavy atom. The Balaban J connectivity index is 2.08. The third-order valence-corrected chi connectivity index (χ3v) is 3.94. The van der Waals surface area contributed by atoms with E-state index in [1.54, 1.807) is 11.1 Å². The molecule has 3 N–H and O–H groups in total. The smallest absolute Gasteiger partial charge is 0.311 e. The van der Waals surface area contributed by atoms with Gasteiger partial charge in [0.05, 0.1) is 18.2 Å². The first-order chi connectivity index (χ1) is 10.0. The van der Waals surface area contributed by atoms with Crippen LogP contribution >= 0.6 is 0 Å². The summed E-state index contributed by atoms with van der Waals surface area (Å²) in [6.45, 7) is 3.54. The molecule has 1 saturated heterocycles. The molecule has 0 bridgehead atoms. The van der Waals surface area contributed by atoms with Gasteiger partial charge in [0.25, 0.3) is 5.91 Å². The molecule has 1 unspecified atom stereocenters. The average Bonchev–Trinajstić information content (AvgIpc) is 3.07. The molecule has 1 aliphatic rings. The average molecular weight is 295 g/mol. The summed E-state index contributed by atoms with van der Waals surface area (Å²) in [5.41, 5.74) is 4.84. The van der Waals surface area contributed by atoms with Crippen molar-refractivity contribution in [2.75, 3.05) is 19.6 Å². The minimum absolute atomic E-state index is 0.235. The maximum atomic E-state index is 12.4. The molecule has 2 rings (SSSR count). The predicted molar refractivity (Wildman–Crippen MR) is 74.6 cm³/mol. The molecule has 8 nitrogen and oxygen atoms in total. The summed E-state index contributed by atoms with van der Waals surface area (Å²) in [6, 6.07) is 0. The van der Waals surface area contributed by atoms with E-state index in [0.29, 0.717) is 32.5 Å². The first-order valence-electron chi connectivity index (χ1n) is 7.15.